The van der Waals surface area contributed by atoms with E-state index >= 15 is 0 Å². The highest BCUT2D eigenvalue weighted by Gasteiger charge is 2.35. The predicted octanol–water partition coefficient (Wildman–Crippen LogP) is 2.98. The summed E-state index contributed by atoms with van der Waals surface area (Å²) in [7, 11) is 0. The normalized spacial score (nSPS) is 28.7. The van der Waals surface area contributed by atoms with Gasteiger partial charge >= 0.3 is 0 Å². The van der Waals surface area contributed by atoms with Crippen LogP contribution in [-0.4, -0.2) is 46.1 Å². The highest BCUT2D eigenvalue weighted by atomic mass is 16.3. The zero-order chi connectivity index (χ0) is 17.9. The first-order valence-electron chi connectivity index (χ1n) is 9.62. The average molecular weight is 345 g/mol. The van der Waals surface area contributed by atoms with Gasteiger partial charge in [-0.3, -0.25) is 4.79 Å². The van der Waals surface area contributed by atoms with Gasteiger partial charge in [-0.15, -0.1) is 0 Å². The van der Waals surface area contributed by atoms with Crippen LogP contribution in [0.5, 0.6) is 0 Å². The van der Waals surface area contributed by atoms with Gasteiger partial charge in [0.05, 0.1) is 5.60 Å². The number of anilines is 1. The molecule has 5 heteroatoms. The maximum absolute atomic E-state index is 12.4. The van der Waals surface area contributed by atoms with Gasteiger partial charge < -0.3 is 15.3 Å². The summed E-state index contributed by atoms with van der Waals surface area (Å²) >= 11 is 0. The molecule has 2 N–H and O–H groups in total. The number of aliphatic hydroxyl groups is 1. The third-order valence-corrected chi connectivity index (χ3v) is 5.84. The summed E-state index contributed by atoms with van der Waals surface area (Å²) < 4.78 is 0. The van der Waals surface area contributed by atoms with E-state index in [2.05, 4.69) is 22.1 Å². The third-order valence-electron chi connectivity index (χ3n) is 5.84. The van der Waals surface area contributed by atoms with Crippen LogP contribution in [0.3, 0.4) is 0 Å². The first-order valence-corrected chi connectivity index (χ1v) is 9.62. The SMILES string of the molecule is Cc1ccc(NC(=O)C2CCN(CC3(O)CCC(C)CC3)CC2)nc1. The fraction of sp³-hybridized carbons (Fsp3) is 0.700. The second-order valence-corrected chi connectivity index (χ2v) is 8.17. The molecule has 138 valence electrons. The maximum Gasteiger partial charge on any atom is 0.228 e. The van der Waals surface area contributed by atoms with E-state index in [0.717, 1.165) is 69.6 Å². The summed E-state index contributed by atoms with van der Waals surface area (Å²) in [6, 6.07) is 3.80. The largest absolute Gasteiger partial charge is 0.389 e. The number of aryl methyl sites for hydroxylation is 1. The summed E-state index contributed by atoms with van der Waals surface area (Å²) in [5.41, 5.74) is 0.564. The van der Waals surface area contributed by atoms with Gasteiger partial charge in [0.25, 0.3) is 0 Å². The van der Waals surface area contributed by atoms with E-state index in [0.29, 0.717) is 5.82 Å². The molecule has 1 amide bonds. The van der Waals surface area contributed by atoms with Crippen molar-refractivity contribution in [1.82, 2.24) is 9.88 Å². The van der Waals surface area contributed by atoms with Crippen molar-refractivity contribution in [3.63, 3.8) is 0 Å². The molecule has 1 aliphatic carbocycles. The number of pyridine rings is 1. The Morgan fingerprint density at radius 1 is 1.28 bits per heavy atom. The van der Waals surface area contributed by atoms with Gasteiger partial charge in [0.2, 0.25) is 5.91 Å². The highest BCUT2D eigenvalue weighted by Crippen LogP contribution is 2.33. The molecule has 0 atom stereocenters. The lowest BCUT2D eigenvalue weighted by Gasteiger charge is -2.41. The number of amides is 1. The van der Waals surface area contributed by atoms with Gasteiger partial charge in [0.15, 0.2) is 0 Å². The summed E-state index contributed by atoms with van der Waals surface area (Å²) in [6.45, 7) is 6.78. The van der Waals surface area contributed by atoms with E-state index in [1.165, 1.54) is 0 Å². The van der Waals surface area contributed by atoms with Crippen LogP contribution >= 0.6 is 0 Å². The Morgan fingerprint density at radius 3 is 2.56 bits per heavy atom. The number of aromatic nitrogens is 1. The van der Waals surface area contributed by atoms with Crippen LogP contribution in [-0.2, 0) is 4.79 Å². The Bertz CT molecular complexity index is 571. The van der Waals surface area contributed by atoms with Gasteiger partial charge in [-0.2, -0.15) is 0 Å². The van der Waals surface area contributed by atoms with E-state index in [1.807, 2.05) is 19.1 Å². The quantitative estimate of drug-likeness (QED) is 0.880. The summed E-state index contributed by atoms with van der Waals surface area (Å²) in [6.07, 6.45) is 7.54. The molecular weight excluding hydrogens is 314 g/mol. The van der Waals surface area contributed by atoms with Crippen LogP contribution in [0.2, 0.25) is 0 Å². The molecule has 0 unspecified atom stereocenters. The zero-order valence-electron chi connectivity index (χ0n) is 15.5. The number of likely N-dealkylation sites (tertiary alicyclic amines) is 1. The summed E-state index contributed by atoms with van der Waals surface area (Å²) in [5, 5.41) is 13.7. The number of carbonyl (C=O) groups is 1. The number of rotatable bonds is 4. The third kappa shape index (κ3) is 5.02. The monoisotopic (exact) mass is 345 g/mol. The Morgan fingerprint density at radius 2 is 1.96 bits per heavy atom. The van der Waals surface area contributed by atoms with Gasteiger partial charge in [-0.25, -0.2) is 4.98 Å². The molecule has 3 rings (SSSR count). The Balaban J connectivity index is 1.45. The van der Waals surface area contributed by atoms with Crippen LogP contribution in [0.1, 0.15) is 51.0 Å². The summed E-state index contributed by atoms with van der Waals surface area (Å²) in [4.78, 5) is 19.0. The maximum atomic E-state index is 12.4. The minimum atomic E-state index is -0.520. The minimum absolute atomic E-state index is 0.0420. The Labute approximate surface area is 150 Å². The molecule has 0 aromatic carbocycles. The molecule has 2 heterocycles. The molecule has 1 aromatic rings. The van der Waals surface area contributed by atoms with Gasteiger partial charge in [0, 0.05) is 18.7 Å². The van der Waals surface area contributed by atoms with E-state index in [4.69, 9.17) is 0 Å². The lowest BCUT2D eigenvalue weighted by atomic mass is 9.79. The predicted molar refractivity (Wildman–Crippen MR) is 99.3 cm³/mol. The van der Waals surface area contributed by atoms with Crippen LogP contribution in [0.25, 0.3) is 0 Å². The first-order chi connectivity index (χ1) is 11.9. The fourth-order valence-electron chi connectivity index (χ4n) is 4.00. The standard InChI is InChI=1S/C20H31N3O2/c1-15-5-9-20(25,10-6-15)14-23-11-7-17(8-12-23)19(24)22-18-4-3-16(2)13-21-18/h3-4,13,15,17,25H,5-12,14H2,1-2H3,(H,21,22,24). The molecule has 2 aliphatic rings. The van der Waals surface area contributed by atoms with Gasteiger partial charge in [0.1, 0.15) is 5.82 Å². The molecule has 2 fully saturated rings. The van der Waals surface area contributed by atoms with Crippen molar-refractivity contribution in [2.45, 2.75) is 58.0 Å². The van der Waals surface area contributed by atoms with Crippen LogP contribution < -0.4 is 5.32 Å². The number of β-amino-alcohol motifs (C(OH)–C–C–N with tert-alkyl or cyclic N) is 1. The van der Waals surface area contributed by atoms with E-state index in [1.54, 1.807) is 6.20 Å². The van der Waals surface area contributed by atoms with Crippen LogP contribution in [0.4, 0.5) is 5.82 Å². The molecule has 0 spiro atoms. The number of nitrogens with one attached hydrogen (secondary N) is 1. The van der Waals surface area contributed by atoms with Crippen LogP contribution in [0, 0.1) is 18.8 Å². The number of hydrogen-bond acceptors (Lipinski definition) is 4. The first kappa shape index (κ1) is 18.3. The van der Waals surface area contributed by atoms with E-state index in [-0.39, 0.29) is 11.8 Å². The summed E-state index contributed by atoms with van der Waals surface area (Å²) in [5.74, 6) is 1.48. The molecule has 0 radical (unpaired) electrons. The Kier molecular flexibility index (Phi) is 5.74. The van der Waals surface area contributed by atoms with Crippen molar-refractivity contribution in [3.05, 3.63) is 23.9 Å². The lowest BCUT2D eigenvalue weighted by molar-refractivity contribution is -0.121. The second-order valence-electron chi connectivity index (χ2n) is 8.17. The average Bonchev–Trinajstić information content (AvgIpc) is 2.60. The minimum Gasteiger partial charge on any atom is -0.389 e. The van der Waals surface area contributed by atoms with Crippen molar-refractivity contribution in [2.75, 3.05) is 25.0 Å². The van der Waals surface area contributed by atoms with Gasteiger partial charge in [-0.1, -0.05) is 13.0 Å². The Hall–Kier alpha value is -1.46. The molecule has 1 saturated heterocycles. The molecule has 1 saturated carbocycles. The smallest absolute Gasteiger partial charge is 0.228 e. The molecule has 25 heavy (non-hydrogen) atoms. The zero-order valence-corrected chi connectivity index (χ0v) is 15.5. The van der Waals surface area contributed by atoms with Crippen molar-refractivity contribution < 1.29 is 9.90 Å². The van der Waals surface area contributed by atoms with Crippen molar-refractivity contribution in [3.8, 4) is 0 Å². The fourth-order valence-corrected chi connectivity index (χ4v) is 4.00. The molecule has 1 aliphatic heterocycles. The number of nitrogens with zero attached hydrogens (tertiary/aromatic N) is 2. The van der Waals surface area contributed by atoms with Crippen molar-refractivity contribution in [1.29, 1.82) is 0 Å². The van der Waals surface area contributed by atoms with Crippen molar-refractivity contribution in [2.24, 2.45) is 11.8 Å². The molecule has 0 bridgehead atoms. The number of hydrogen-bond donors (Lipinski definition) is 2. The number of piperidine rings is 1. The van der Waals surface area contributed by atoms with Crippen LogP contribution in [0.15, 0.2) is 18.3 Å². The van der Waals surface area contributed by atoms with E-state index < -0.39 is 5.60 Å². The highest BCUT2D eigenvalue weighted by molar-refractivity contribution is 5.91. The molecule has 5 nitrogen and oxygen atoms in total. The topological polar surface area (TPSA) is 65.5 Å². The number of carbonyl (C=O) groups excluding carboxylic acids is 1. The molecular formula is C20H31N3O2. The lowest BCUT2D eigenvalue weighted by Crippen LogP contribution is -2.48. The van der Waals surface area contributed by atoms with E-state index in [9.17, 15) is 9.90 Å². The molecule has 1 aromatic heterocycles. The van der Waals surface area contributed by atoms with Gasteiger partial charge in [-0.05, 0) is 76.1 Å². The van der Waals surface area contributed by atoms with Crippen molar-refractivity contribution >= 4 is 11.7 Å². The second kappa shape index (κ2) is 7.83.